The number of aryl methyl sites for hydroxylation is 1. The van der Waals surface area contributed by atoms with Gasteiger partial charge in [-0.05, 0) is 84.7 Å². The lowest BCUT2D eigenvalue weighted by Gasteiger charge is -2.22. The number of piperidine rings is 1. The van der Waals surface area contributed by atoms with Crippen LogP contribution in [-0.2, 0) is 0 Å². The van der Waals surface area contributed by atoms with Gasteiger partial charge in [0.2, 0.25) is 0 Å². The minimum Gasteiger partial charge on any atom is -0.349 e. The van der Waals surface area contributed by atoms with Crippen LogP contribution in [0.5, 0.6) is 0 Å². The van der Waals surface area contributed by atoms with Crippen molar-refractivity contribution in [2.45, 2.75) is 32.2 Å². The van der Waals surface area contributed by atoms with E-state index in [0.29, 0.717) is 12.0 Å². The molecule has 1 aromatic carbocycles. The number of amides is 1. The second-order valence-electron chi connectivity index (χ2n) is 6.05. The molecule has 3 rings (SSSR count). The lowest BCUT2D eigenvalue weighted by Crippen LogP contribution is -2.32. The Hall–Kier alpha value is -0.870. The Morgan fingerprint density at radius 3 is 2.80 bits per heavy atom. The average molecular weight is 337 g/mol. The van der Waals surface area contributed by atoms with Gasteiger partial charge in [0, 0.05) is 10.5 Å². The molecule has 2 atom stereocenters. The summed E-state index contributed by atoms with van der Waals surface area (Å²) in [5.41, 5.74) is 1.90. The molecule has 1 aliphatic carbocycles. The normalized spacial score (nSPS) is 26.3. The number of hydrogen-bond acceptors (Lipinski definition) is 2. The highest BCUT2D eigenvalue weighted by Gasteiger charge is 2.43. The van der Waals surface area contributed by atoms with Gasteiger partial charge < -0.3 is 10.6 Å². The molecular formula is C16H21BrN2O. The molecule has 1 saturated heterocycles. The molecule has 20 heavy (non-hydrogen) atoms. The fourth-order valence-corrected chi connectivity index (χ4v) is 3.90. The number of carbonyl (C=O) groups is 1. The molecule has 1 amide bonds. The van der Waals surface area contributed by atoms with Crippen LogP contribution in [-0.4, -0.2) is 25.0 Å². The minimum absolute atomic E-state index is 0.0540. The van der Waals surface area contributed by atoms with Crippen LogP contribution in [0, 0.1) is 18.8 Å². The quantitative estimate of drug-likeness (QED) is 0.891. The van der Waals surface area contributed by atoms with E-state index in [1.807, 2.05) is 25.1 Å². The topological polar surface area (TPSA) is 41.1 Å². The zero-order valence-electron chi connectivity index (χ0n) is 11.8. The minimum atomic E-state index is 0.0540. The number of nitrogens with one attached hydrogen (secondary N) is 2. The molecule has 2 fully saturated rings. The van der Waals surface area contributed by atoms with E-state index in [4.69, 9.17) is 0 Å². The third-order valence-corrected chi connectivity index (χ3v) is 5.17. The van der Waals surface area contributed by atoms with E-state index in [1.165, 1.54) is 12.8 Å². The number of hydrogen-bond donors (Lipinski definition) is 2. The van der Waals surface area contributed by atoms with Gasteiger partial charge in [0.05, 0.1) is 5.56 Å². The first-order chi connectivity index (χ1) is 9.65. The SMILES string of the molecule is Cc1ccc(C(=O)N[C@@H]2C[C@H]2C2CCNCC2)c(Br)c1. The summed E-state index contributed by atoms with van der Waals surface area (Å²) in [6.07, 6.45) is 3.66. The monoisotopic (exact) mass is 336 g/mol. The van der Waals surface area contributed by atoms with Gasteiger partial charge in [-0.2, -0.15) is 0 Å². The van der Waals surface area contributed by atoms with Gasteiger partial charge in [0.25, 0.3) is 5.91 Å². The van der Waals surface area contributed by atoms with Crippen molar-refractivity contribution in [3.8, 4) is 0 Å². The number of rotatable bonds is 3. The Labute approximate surface area is 128 Å². The first-order valence-corrected chi connectivity index (χ1v) is 8.22. The molecule has 108 valence electrons. The Kier molecular flexibility index (Phi) is 4.13. The van der Waals surface area contributed by atoms with Crippen molar-refractivity contribution >= 4 is 21.8 Å². The van der Waals surface area contributed by atoms with Gasteiger partial charge in [-0.25, -0.2) is 0 Å². The van der Waals surface area contributed by atoms with Crippen molar-refractivity contribution in [3.63, 3.8) is 0 Å². The van der Waals surface area contributed by atoms with Gasteiger partial charge in [-0.15, -0.1) is 0 Å². The first kappa shape index (κ1) is 14.1. The zero-order chi connectivity index (χ0) is 14.1. The highest BCUT2D eigenvalue weighted by molar-refractivity contribution is 9.10. The molecule has 0 spiro atoms. The van der Waals surface area contributed by atoms with Crippen molar-refractivity contribution in [1.82, 2.24) is 10.6 Å². The lowest BCUT2D eigenvalue weighted by molar-refractivity contribution is 0.0946. The van der Waals surface area contributed by atoms with Crippen LogP contribution < -0.4 is 10.6 Å². The molecule has 0 radical (unpaired) electrons. The van der Waals surface area contributed by atoms with Gasteiger partial charge in [-0.3, -0.25) is 4.79 Å². The first-order valence-electron chi connectivity index (χ1n) is 7.43. The number of carbonyl (C=O) groups excluding carboxylic acids is 1. The van der Waals surface area contributed by atoms with Gasteiger partial charge in [0.15, 0.2) is 0 Å². The molecule has 2 N–H and O–H groups in total. The number of benzene rings is 1. The fraction of sp³-hybridized carbons (Fsp3) is 0.562. The van der Waals surface area contributed by atoms with E-state index in [0.717, 1.165) is 41.0 Å². The van der Waals surface area contributed by atoms with E-state index in [1.54, 1.807) is 0 Å². The highest BCUT2D eigenvalue weighted by Crippen LogP contribution is 2.41. The van der Waals surface area contributed by atoms with Crippen LogP contribution in [0.3, 0.4) is 0 Å². The Balaban J connectivity index is 1.57. The van der Waals surface area contributed by atoms with Crippen LogP contribution in [0.2, 0.25) is 0 Å². The molecule has 4 heteroatoms. The summed E-state index contributed by atoms with van der Waals surface area (Å²) in [5.74, 6) is 1.55. The van der Waals surface area contributed by atoms with E-state index in [9.17, 15) is 4.79 Å². The summed E-state index contributed by atoms with van der Waals surface area (Å²) in [4.78, 5) is 12.3. The predicted octanol–water partition coefficient (Wildman–Crippen LogP) is 2.88. The van der Waals surface area contributed by atoms with Gasteiger partial charge >= 0.3 is 0 Å². The average Bonchev–Trinajstić information content (AvgIpc) is 3.18. The molecule has 0 unspecified atom stereocenters. The Bertz CT molecular complexity index is 511. The Morgan fingerprint density at radius 1 is 1.35 bits per heavy atom. The third-order valence-electron chi connectivity index (χ3n) is 4.51. The van der Waals surface area contributed by atoms with Crippen LogP contribution in [0.4, 0.5) is 0 Å². The van der Waals surface area contributed by atoms with E-state index in [-0.39, 0.29) is 5.91 Å². The molecule has 1 saturated carbocycles. The van der Waals surface area contributed by atoms with Crippen LogP contribution in [0.15, 0.2) is 22.7 Å². The smallest absolute Gasteiger partial charge is 0.252 e. The van der Waals surface area contributed by atoms with Crippen LogP contribution in [0.25, 0.3) is 0 Å². The molecular weight excluding hydrogens is 316 g/mol. The largest absolute Gasteiger partial charge is 0.349 e. The summed E-state index contributed by atoms with van der Waals surface area (Å²) in [5, 5.41) is 6.59. The van der Waals surface area contributed by atoms with E-state index in [2.05, 4.69) is 26.6 Å². The third kappa shape index (κ3) is 3.07. The van der Waals surface area contributed by atoms with Crippen molar-refractivity contribution in [1.29, 1.82) is 0 Å². The van der Waals surface area contributed by atoms with Crippen LogP contribution in [0.1, 0.15) is 35.2 Å². The van der Waals surface area contributed by atoms with Crippen molar-refractivity contribution in [3.05, 3.63) is 33.8 Å². The van der Waals surface area contributed by atoms with Gasteiger partial charge in [-0.1, -0.05) is 6.07 Å². The van der Waals surface area contributed by atoms with Crippen molar-refractivity contribution in [2.75, 3.05) is 13.1 Å². The standard InChI is InChI=1S/C16H21BrN2O/c1-10-2-3-12(14(17)8-10)16(20)19-15-9-13(15)11-4-6-18-7-5-11/h2-3,8,11,13,15,18H,4-7,9H2,1H3,(H,19,20)/t13-,15+/m0/s1. The lowest BCUT2D eigenvalue weighted by atomic mass is 9.93. The molecule has 0 bridgehead atoms. The molecule has 3 nitrogen and oxygen atoms in total. The van der Waals surface area contributed by atoms with E-state index < -0.39 is 0 Å². The summed E-state index contributed by atoms with van der Waals surface area (Å²) in [7, 11) is 0. The van der Waals surface area contributed by atoms with Crippen molar-refractivity contribution < 1.29 is 4.79 Å². The molecule has 2 aliphatic rings. The molecule has 1 aliphatic heterocycles. The summed E-state index contributed by atoms with van der Waals surface area (Å²) >= 11 is 3.48. The van der Waals surface area contributed by atoms with Gasteiger partial charge in [0.1, 0.15) is 0 Å². The maximum Gasteiger partial charge on any atom is 0.252 e. The summed E-state index contributed by atoms with van der Waals surface area (Å²) < 4.78 is 0.883. The number of halogens is 1. The second-order valence-corrected chi connectivity index (χ2v) is 6.90. The molecule has 0 aromatic heterocycles. The zero-order valence-corrected chi connectivity index (χ0v) is 13.4. The van der Waals surface area contributed by atoms with Crippen molar-refractivity contribution in [2.24, 2.45) is 11.8 Å². The molecule has 1 heterocycles. The maximum absolute atomic E-state index is 12.3. The Morgan fingerprint density at radius 2 is 2.10 bits per heavy atom. The summed E-state index contributed by atoms with van der Waals surface area (Å²) in [6, 6.07) is 6.26. The van der Waals surface area contributed by atoms with E-state index >= 15 is 0 Å². The fourth-order valence-electron chi connectivity index (χ4n) is 3.22. The second kappa shape index (κ2) is 5.86. The molecule has 1 aromatic rings. The van der Waals surface area contributed by atoms with Crippen LogP contribution >= 0.6 is 15.9 Å². The highest BCUT2D eigenvalue weighted by atomic mass is 79.9. The maximum atomic E-state index is 12.3. The predicted molar refractivity (Wildman–Crippen MR) is 83.8 cm³/mol. The summed E-state index contributed by atoms with van der Waals surface area (Å²) in [6.45, 7) is 4.29.